The average molecular weight is 354 g/mol. The Morgan fingerprint density at radius 3 is 2.52 bits per heavy atom. The fourth-order valence-corrected chi connectivity index (χ4v) is 6.21. The summed E-state index contributed by atoms with van der Waals surface area (Å²) < 4.78 is 16.0. The van der Waals surface area contributed by atoms with E-state index in [9.17, 15) is 10.2 Å². The van der Waals surface area contributed by atoms with Gasteiger partial charge in [-0.25, -0.2) is 4.39 Å². The molecule has 144 valence electrons. The second kappa shape index (κ2) is 6.94. The van der Waals surface area contributed by atoms with E-state index in [-0.39, 0.29) is 17.4 Å². The summed E-state index contributed by atoms with van der Waals surface area (Å²) in [5, 5.41) is 24.2. The third-order valence-electron chi connectivity index (χ3n) is 7.57. The number of fused-ring (bicyclic) bond motifs is 4. The Kier molecular flexibility index (Phi) is 5.36. The van der Waals surface area contributed by atoms with Crippen molar-refractivity contribution in [2.45, 2.75) is 88.5 Å². The van der Waals surface area contributed by atoms with Crippen LogP contribution in [0, 0.1) is 17.3 Å². The van der Waals surface area contributed by atoms with Crippen LogP contribution >= 0.6 is 0 Å². The zero-order valence-electron chi connectivity index (χ0n) is 16.2. The van der Waals surface area contributed by atoms with Gasteiger partial charge in [-0.2, -0.15) is 0 Å². The first kappa shape index (κ1) is 19.3. The minimum atomic E-state index is -1.58. The van der Waals surface area contributed by atoms with Gasteiger partial charge in [-0.15, -0.1) is 0 Å². The van der Waals surface area contributed by atoms with Crippen LogP contribution in [-0.4, -0.2) is 41.7 Å². The molecule has 3 saturated carbocycles. The Morgan fingerprint density at radius 1 is 1.08 bits per heavy atom. The average Bonchev–Trinajstić information content (AvgIpc) is 2.90. The SMILES string of the molecule is CC12CCCC1[C@@]1(O)CCC3CCC(O)CC3=CC1(F)CC2.CNC. The highest BCUT2D eigenvalue weighted by molar-refractivity contribution is 5.28. The highest BCUT2D eigenvalue weighted by atomic mass is 19.1. The van der Waals surface area contributed by atoms with E-state index in [1.807, 2.05) is 14.1 Å². The van der Waals surface area contributed by atoms with Gasteiger partial charge in [0.15, 0.2) is 5.67 Å². The van der Waals surface area contributed by atoms with Crippen LogP contribution < -0.4 is 5.32 Å². The normalized spacial score (nSPS) is 48.9. The number of alkyl halides is 1. The minimum absolute atomic E-state index is 0.0978. The molecule has 0 aromatic heterocycles. The van der Waals surface area contributed by atoms with Gasteiger partial charge < -0.3 is 15.5 Å². The Bertz CT molecular complexity index is 524. The van der Waals surface area contributed by atoms with Gasteiger partial charge in [-0.05, 0) is 95.2 Å². The molecule has 3 fully saturated rings. The number of nitrogens with one attached hydrogen (secondary N) is 1. The Hall–Kier alpha value is -0.450. The van der Waals surface area contributed by atoms with Crippen LogP contribution in [0.15, 0.2) is 11.6 Å². The number of rotatable bonds is 0. The van der Waals surface area contributed by atoms with Crippen molar-refractivity contribution in [1.82, 2.24) is 5.32 Å². The van der Waals surface area contributed by atoms with Crippen LogP contribution in [0.2, 0.25) is 0 Å². The monoisotopic (exact) mass is 353 g/mol. The van der Waals surface area contributed by atoms with Gasteiger partial charge in [-0.3, -0.25) is 0 Å². The molecule has 6 atom stereocenters. The second-order valence-electron chi connectivity index (χ2n) is 9.28. The van der Waals surface area contributed by atoms with Crippen molar-refractivity contribution in [1.29, 1.82) is 0 Å². The molecule has 0 spiro atoms. The standard InChI is InChI=1S/C19H29FO2.C2H7N/c1-17-7-2-3-16(17)19(22)8-6-13-4-5-15(21)11-14(13)12-18(19,20)10-9-17;1-3-2/h12-13,15-16,21-22H,2-11H2,1H3;3H,1-2H3/t13?,15?,16?,17?,18?,19-;/m0./s1. The van der Waals surface area contributed by atoms with Crippen molar-refractivity contribution in [3.05, 3.63) is 11.6 Å². The van der Waals surface area contributed by atoms with Gasteiger partial charge in [0.1, 0.15) is 5.60 Å². The number of aliphatic hydroxyl groups is 2. The summed E-state index contributed by atoms with van der Waals surface area (Å²) in [5.74, 6) is 0.471. The molecule has 4 rings (SSSR count). The van der Waals surface area contributed by atoms with Crippen LogP contribution in [0.4, 0.5) is 4.39 Å². The smallest absolute Gasteiger partial charge is 0.158 e. The lowest BCUT2D eigenvalue weighted by molar-refractivity contribution is -0.179. The van der Waals surface area contributed by atoms with E-state index in [4.69, 9.17) is 0 Å². The molecular weight excluding hydrogens is 317 g/mol. The molecule has 0 amide bonds. The van der Waals surface area contributed by atoms with E-state index in [0.29, 0.717) is 25.2 Å². The summed E-state index contributed by atoms with van der Waals surface area (Å²) in [5.41, 5.74) is -1.56. The fourth-order valence-electron chi connectivity index (χ4n) is 6.21. The molecule has 0 heterocycles. The Balaban J connectivity index is 0.000000569. The first-order valence-electron chi connectivity index (χ1n) is 10.2. The van der Waals surface area contributed by atoms with E-state index >= 15 is 4.39 Å². The summed E-state index contributed by atoms with van der Waals surface area (Å²) in [6, 6.07) is 0. The third-order valence-corrected chi connectivity index (χ3v) is 7.57. The first-order valence-corrected chi connectivity index (χ1v) is 10.2. The molecule has 0 aliphatic heterocycles. The lowest BCUT2D eigenvalue weighted by atomic mass is 9.55. The number of hydrogen-bond acceptors (Lipinski definition) is 3. The number of hydrogen-bond donors (Lipinski definition) is 3. The maximum atomic E-state index is 16.0. The maximum absolute atomic E-state index is 16.0. The Morgan fingerprint density at radius 2 is 1.80 bits per heavy atom. The van der Waals surface area contributed by atoms with E-state index in [1.54, 1.807) is 6.08 Å². The molecule has 0 bridgehead atoms. The zero-order valence-corrected chi connectivity index (χ0v) is 16.2. The molecule has 0 saturated heterocycles. The van der Waals surface area contributed by atoms with Crippen molar-refractivity contribution in [3.8, 4) is 0 Å². The molecule has 4 heteroatoms. The van der Waals surface area contributed by atoms with Crippen LogP contribution in [-0.2, 0) is 0 Å². The Labute approximate surface area is 152 Å². The van der Waals surface area contributed by atoms with Gasteiger partial charge in [0.25, 0.3) is 0 Å². The van der Waals surface area contributed by atoms with E-state index in [1.165, 1.54) is 0 Å². The highest BCUT2D eigenvalue weighted by Crippen LogP contribution is 2.63. The summed E-state index contributed by atoms with van der Waals surface area (Å²) >= 11 is 0. The topological polar surface area (TPSA) is 52.5 Å². The lowest BCUT2D eigenvalue weighted by Crippen LogP contribution is -2.61. The quantitative estimate of drug-likeness (QED) is 0.582. The number of halogens is 1. The molecule has 3 N–H and O–H groups in total. The van der Waals surface area contributed by atoms with E-state index in [0.717, 1.165) is 50.5 Å². The molecular formula is C21H36FNO2. The summed E-state index contributed by atoms with van der Waals surface area (Å²) in [6.45, 7) is 2.26. The second-order valence-corrected chi connectivity index (χ2v) is 9.28. The molecule has 0 aromatic carbocycles. The number of aliphatic hydroxyl groups excluding tert-OH is 1. The van der Waals surface area contributed by atoms with Crippen LogP contribution in [0.5, 0.6) is 0 Å². The highest BCUT2D eigenvalue weighted by Gasteiger charge is 2.64. The minimum Gasteiger partial charge on any atom is -0.393 e. The van der Waals surface area contributed by atoms with Crippen molar-refractivity contribution in [2.24, 2.45) is 17.3 Å². The van der Waals surface area contributed by atoms with Crippen molar-refractivity contribution < 1.29 is 14.6 Å². The largest absolute Gasteiger partial charge is 0.393 e. The van der Waals surface area contributed by atoms with E-state index in [2.05, 4.69) is 12.2 Å². The van der Waals surface area contributed by atoms with Gasteiger partial charge >= 0.3 is 0 Å². The molecule has 25 heavy (non-hydrogen) atoms. The zero-order chi connectivity index (χ0) is 18.3. The molecule has 0 radical (unpaired) electrons. The van der Waals surface area contributed by atoms with Crippen molar-refractivity contribution >= 4 is 0 Å². The van der Waals surface area contributed by atoms with Gasteiger partial charge in [-0.1, -0.05) is 18.9 Å². The predicted octanol–water partition coefficient (Wildman–Crippen LogP) is 3.74. The first-order chi connectivity index (χ1) is 11.8. The summed E-state index contributed by atoms with van der Waals surface area (Å²) in [7, 11) is 3.75. The van der Waals surface area contributed by atoms with E-state index < -0.39 is 11.3 Å². The van der Waals surface area contributed by atoms with Gasteiger partial charge in [0.05, 0.1) is 6.10 Å². The van der Waals surface area contributed by atoms with Crippen LogP contribution in [0.3, 0.4) is 0 Å². The maximum Gasteiger partial charge on any atom is 0.158 e. The lowest BCUT2D eigenvalue weighted by Gasteiger charge is -2.54. The molecule has 0 aromatic rings. The fraction of sp³-hybridized carbons (Fsp3) is 0.905. The van der Waals surface area contributed by atoms with Gasteiger partial charge in [0.2, 0.25) is 0 Å². The molecule has 4 aliphatic carbocycles. The van der Waals surface area contributed by atoms with Crippen molar-refractivity contribution in [2.75, 3.05) is 14.1 Å². The summed E-state index contributed by atoms with van der Waals surface area (Å²) in [6.07, 6.45) is 9.84. The molecule has 5 unspecified atom stereocenters. The van der Waals surface area contributed by atoms with Crippen molar-refractivity contribution in [3.63, 3.8) is 0 Å². The predicted molar refractivity (Wildman–Crippen MR) is 99.1 cm³/mol. The molecule has 3 nitrogen and oxygen atoms in total. The van der Waals surface area contributed by atoms with Crippen LogP contribution in [0.1, 0.15) is 71.1 Å². The molecule has 4 aliphatic rings. The van der Waals surface area contributed by atoms with Gasteiger partial charge in [0, 0.05) is 0 Å². The summed E-state index contributed by atoms with van der Waals surface area (Å²) in [4.78, 5) is 0. The third kappa shape index (κ3) is 3.19. The van der Waals surface area contributed by atoms with Crippen LogP contribution in [0.25, 0.3) is 0 Å².